The van der Waals surface area contributed by atoms with Gasteiger partial charge in [-0.3, -0.25) is 20.8 Å². The first kappa shape index (κ1) is 36.0. The molecule has 0 spiro atoms. The minimum atomic E-state index is -1.97. The van der Waals surface area contributed by atoms with E-state index in [0.717, 1.165) is 0 Å². The minimum Gasteiger partial charge on any atom is -0.507 e. The molecule has 2 aromatic rings. The van der Waals surface area contributed by atoms with E-state index in [-0.39, 0.29) is 122 Å². The van der Waals surface area contributed by atoms with Crippen LogP contribution in [-0.2, 0) is 58.1 Å². The van der Waals surface area contributed by atoms with E-state index >= 15 is 0 Å². The van der Waals surface area contributed by atoms with Crippen LogP contribution in [0.4, 0.5) is 0 Å². The van der Waals surface area contributed by atoms with Gasteiger partial charge < -0.3 is 45.6 Å². The second-order valence-corrected chi connectivity index (χ2v) is 12.6. The number of nitrogens with zero attached hydrogens (tertiary/aromatic N) is 1. The number of phenols is 2. The number of hydrogen-bond donors (Lipinski definition) is 3. The number of benzene rings is 2. The van der Waals surface area contributed by atoms with Gasteiger partial charge in [0.2, 0.25) is 5.78 Å². The summed E-state index contributed by atoms with van der Waals surface area (Å²) in [7, 11) is 1.37. The molecule has 2 fully saturated rings. The van der Waals surface area contributed by atoms with E-state index < -0.39 is 46.8 Å². The number of ketones is 3. The summed E-state index contributed by atoms with van der Waals surface area (Å²) in [6.45, 7) is 9.53. The number of hydrogen-bond acceptors (Lipinski definition) is 11. The van der Waals surface area contributed by atoms with Gasteiger partial charge >= 0.3 is 0 Å². The van der Waals surface area contributed by atoms with Crippen LogP contribution in [0.2, 0.25) is 0 Å². The van der Waals surface area contributed by atoms with Crippen molar-refractivity contribution in [2.45, 2.75) is 109 Å². The zero-order valence-electron chi connectivity index (χ0n) is 27.5. The van der Waals surface area contributed by atoms with Crippen molar-refractivity contribution in [3.63, 3.8) is 0 Å². The van der Waals surface area contributed by atoms with Gasteiger partial charge in [-0.15, -0.1) is 6.04 Å². The Morgan fingerprint density at radius 3 is 2.47 bits per heavy atom. The minimum absolute atomic E-state index is 0. The molecule has 2 aliphatic carbocycles. The van der Waals surface area contributed by atoms with E-state index in [1.807, 2.05) is 27.2 Å². The van der Waals surface area contributed by atoms with Gasteiger partial charge in [0.15, 0.2) is 17.9 Å². The molecular formula is C35H41NO10Y-2. The molecule has 0 aromatic heterocycles. The maximum absolute atomic E-state index is 13.9. The van der Waals surface area contributed by atoms with Crippen molar-refractivity contribution in [3.05, 3.63) is 64.4 Å². The number of carbonyl (C=O) groups excluding carboxylic acids is 3. The van der Waals surface area contributed by atoms with Crippen LogP contribution in [0.1, 0.15) is 103 Å². The molecule has 11 nitrogen and oxygen atoms in total. The fourth-order valence-corrected chi connectivity index (χ4v) is 7.73. The summed E-state index contributed by atoms with van der Waals surface area (Å²) in [4.78, 5) is 43.1. The molecule has 2 aliphatic heterocycles. The summed E-state index contributed by atoms with van der Waals surface area (Å²) < 4.78 is 24.5. The van der Waals surface area contributed by atoms with Gasteiger partial charge in [-0.1, -0.05) is 26.0 Å². The quantitative estimate of drug-likeness (QED) is 0.229. The Morgan fingerprint density at radius 1 is 1.13 bits per heavy atom. The maximum atomic E-state index is 13.9. The van der Waals surface area contributed by atoms with Gasteiger partial charge in [-0.25, -0.2) is 0 Å². The van der Waals surface area contributed by atoms with Crippen LogP contribution < -0.4 is 4.74 Å². The van der Waals surface area contributed by atoms with Crippen molar-refractivity contribution in [2.75, 3.05) is 7.11 Å². The second kappa shape index (κ2) is 13.6. The molecular weight excluding hydrogens is 683 g/mol. The molecule has 251 valence electrons. The summed E-state index contributed by atoms with van der Waals surface area (Å²) >= 11 is 0. The molecule has 0 bridgehead atoms. The summed E-state index contributed by atoms with van der Waals surface area (Å²) in [6.07, 6.45) is 0.961. The molecule has 2 heterocycles. The van der Waals surface area contributed by atoms with Crippen LogP contribution in [0.3, 0.4) is 0 Å². The summed E-state index contributed by atoms with van der Waals surface area (Å²) in [5.74, 6) is -2.84. The van der Waals surface area contributed by atoms with Crippen molar-refractivity contribution in [3.8, 4) is 17.2 Å². The Hall–Kier alpha value is -2.25. The van der Waals surface area contributed by atoms with E-state index in [4.69, 9.17) is 18.9 Å². The third-order valence-electron chi connectivity index (χ3n) is 10.1. The molecule has 0 amide bonds. The second-order valence-electron chi connectivity index (χ2n) is 12.6. The normalized spacial score (nSPS) is 30.4. The van der Waals surface area contributed by atoms with Crippen LogP contribution in [0.5, 0.6) is 17.2 Å². The van der Waals surface area contributed by atoms with Gasteiger partial charge in [0.1, 0.15) is 22.8 Å². The zero-order chi connectivity index (χ0) is 33.2. The molecule has 2 saturated heterocycles. The smallest absolute Gasteiger partial charge is 0.202 e. The summed E-state index contributed by atoms with van der Waals surface area (Å²) in [5, 5.41) is 35.2. The predicted octanol–water partition coefficient (Wildman–Crippen LogP) is 3.96. The Balaban J connectivity index is 0.00000433. The van der Waals surface area contributed by atoms with Crippen LogP contribution in [-0.4, -0.2) is 87.1 Å². The molecule has 4 aliphatic rings. The number of carbonyl (C=O) groups is 3. The van der Waals surface area contributed by atoms with E-state index in [9.17, 15) is 29.7 Å². The van der Waals surface area contributed by atoms with Gasteiger partial charge in [-0.05, 0) is 19.2 Å². The molecule has 8 atom stereocenters. The molecule has 12 heteroatoms. The third kappa shape index (κ3) is 5.69. The van der Waals surface area contributed by atoms with E-state index in [0.29, 0.717) is 6.42 Å². The van der Waals surface area contributed by atoms with Crippen LogP contribution >= 0.6 is 0 Å². The topological polar surface area (TPSA) is 152 Å². The number of rotatable bonds is 8. The number of aromatic hydroxyl groups is 2. The molecule has 6 rings (SSSR count). The molecule has 3 N–H and O–H groups in total. The van der Waals surface area contributed by atoms with Crippen molar-refractivity contribution in [1.29, 1.82) is 0 Å². The number of phenolic OH excluding ortho intramolecular Hbond substituents is 2. The monoisotopic (exact) mass is 724 g/mol. The largest absolute Gasteiger partial charge is 0.507 e. The number of Topliss-reactive ketones (excluding diaryl/α,β-unsaturated/α-hetero) is 1. The number of methoxy groups -OCH3 is 1. The Morgan fingerprint density at radius 2 is 1.83 bits per heavy atom. The zero-order valence-corrected chi connectivity index (χ0v) is 30.3. The van der Waals surface area contributed by atoms with Crippen molar-refractivity contribution >= 4 is 17.3 Å². The molecule has 1 unspecified atom stereocenters. The Kier molecular flexibility index (Phi) is 10.4. The predicted molar refractivity (Wildman–Crippen MR) is 165 cm³/mol. The molecule has 47 heavy (non-hydrogen) atoms. The van der Waals surface area contributed by atoms with E-state index in [1.165, 1.54) is 19.2 Å². The summed E-state index contributed by atoms with van der Waals surface area (Å²) in [5.41, 5.74) is -2.72. The van der Waals surface area contributed by atoms with Gasteiger partial charge in [0, 0.05) is 81.1 Å². The number of ether oxygens (including phenoxy) is 4. The first-order valence-electron chi connectivity index (χ1n) is 15.9. The number of fused-ring (bicyclic) bond motifs is 4. The average molecular weight is 725 g/mol. The van der Waals surface area contributed by atoms with Gasteiger partial charge in [0.25, 0.3) is 0 Å². The molecule has 1 radical (unpaired) electrons. The van der Waals surface area contributed by atoms with Gasteiger partial charge in [-0.2, -0.15) is 13.8 Å². The maximum Gasteiger partial charge on any atom is 0.202 e. The fourth-order valence-electron chi connectivity index (χ4n) is 7.73. The van der Waals surface area contributed by atoms with E-state index in [2.05, 4.69) is 18.2 Å². The van der Waals surface area contributed by atoms with Crippen LogP contribution in [0, 0.1) is 12.8 Å². The van der Waals surface area contributed by atoms with Crippen molar-refractivity contribution in [2.24, 2.45) is 0 Å². The van der Waals surface area contributed by atoms with Gasteiger partial charge in [0.05, 0.1) is 42.1 Å². The van der Waals surface area contributed by atoms with Crippen molar-refractivity contribution in [1.82, 2.24) is 4.90 Å². The van der Waals surface area contributed by atoms with Crippen LogP contribution in [0.15, 0.2) is 18.2 Å². The fraction of sp³-hybridized carbons (Fsp3) is 0.514. The SMILES string of the molecule is C[CH-]C(C)N1[C@@H]([CH-]C)O[C@@H]2[C@H](C)O[C@@H](O[C@H]3C[C@](O)(C(=O)CC)Cc4c(O)c5c(c(O)c43)C(=O)c3c(OC)cccc3C5=O)C[C@@H]21.[Y]. The Bertz CT molecular complexity index is 1590. The van der Waals surface area contributed by atoms with Crippen molar-refractivity contribution < 1.29 is 81.4 Å². The standard InChI is InChI=1S/C35H41NO10.Y/c1-7-16(4)36-20-13-25(44-17(5)34(20)46-24(36)9-3)45-22-15-35(42,23(37)8-2)14-19-27(22)33(41)29-28(31(19)39)30(38)18-11-10-12-21(43-6)26(18)32(29)40;/h7,9-12,16-17,20,22,24-25,34,39,41-42H,8,13-15H2,1-6H3;/q-2;/t16?,17-,20-,22-,24+,25-,34+,35-;/m0./s1. The Labute approximate surface area is 299 Å². The van der Waals surface area contributed by atoms with Crippen LogP contribution in [0.25, 0.3) is 0 Å². The average Bonchev–Trinajstić information content (AvgIpc) is 3.43. The summed E-state index contributed by atoms with van der Waals surface area (Å²) in [6, 6.07) is 4.53. The van der Waals surface area contributed by atoms with E-state index in [1.54, 1.807) is 13.0 Å². The third-order valence-corrected chi connectivity index (χ3v) is 10.1. The molecule has 2 aromatic carbocycles. The molecule has 0 saturated carbocycles. The first-order valence-corrected chi connectivity index (χ1v) is 15.9. The first-order chi connectivity index (χ1) is 21.9. The number of aliphatic hydroxyl groups is 1.